The normalized spacial score (nSPS) is 15.6. The van der Waals surface area contributed by atoms with Crippen molar-refractivity contribution in [1.29, 1.82) is 0 Å². The Morgan fingerprint density at radius 2 is 1.77 bits per heavy atom. The lowest BCUT2D eigenvalue weighted by atomic mass is 9.94. The quantitative estimate of drug-likeness (QED) is 0.351. The minimum Gasteiger partial charge on any atom is -0.454 e. The van der Waals surface area contributed by atoms with Crippen molar-refractivity contribution in [2.45, 2.75) is 57.3 Å². The van der Waals surface area contributed by atoms with Crippen LogP contribution in [0.15, 0.2) is 66.7 Å². The van der Waals surface area contributed by atoms with E-state index in [9.17, 15) is 14.0 Å². The molecule has 1 aliphatic carbocycles. The molecule has 1 fully saturated rings. The number of benzene rings is 3. The molecule has 0 spiro atoms. The Bertz CT molecular complexity index is 1520. The van der Waals surface area contributed by atoms with Gasteiger partial charge in [-0.1, -0.05) is 54.8 Å². The molecule has 10 heteroatoms. The molecule has 40 heavy (non-hydrogen) atoms. The van der Waals surface area contributed by atoms with Gasteiger partial charge in [0.25, 0.3) is 0 Å². The number of para-hydroxylation sites is 1. The average Bonchev–Trinajstić information content (AvgIpc) is 3.61. The Morgan fingerprint density at radius 1 is 1.00 bits per heavy atom. The Hall–Kier alpha value is -4.47. The van der Waals surface area contributed by atoms with Crippen molar-refractivity contribution in [1.82, 2.24) is 25.2 Å². The summed E-state index contributed by atoms with van der Waals surface area (Å²) in [5.41, 5.74) is 2.66. The number of ether oxygens (including phenoxy) is 2. The first-order valence-electron chi connectivity index (χ1n) is 13.6. The summed E-state index contributed by atoms with van der Waals surface area (Å²) in [6, 6.07) is 17.6. The molecular weight excluding hydrogens is 513 g/mol. The minimum atomic E-state index is -0.991. The van der Waals surface area contributed by atoms with Crippen LogP contribution in [-0.2, 0) is 22.7 Å². The van der Waals surface area contributed by atoms with Gasteiger partial charge >= 0.3 is 0 Å². The van der Waals surface area contributed by atoms with Crippen LogP contribution in [0.1, 0.15) is 49.3 Å². The third-order valence-electron chi connectivity index (χ3n) is 7.51. The molecule has 206 valence electrons. The Kier molecular flexibility index (Phi) is 7.31. The second-order valence-corrected chi connectivity index (χ2v) is 10.2. The van der Waals surface area contributed by atoms with Crippen LogP contribution in [0, 0.1) is 5.82 Å². The molecule has 4 aromatic rings. The molecule has 0 saturated heterocycles. The topological polar surface area (TPSA) is 98.6 Å². The summed E-state index contributed by atoms with van der Waals surface area (Å²) in [6.45, 7) is 0.116. The second kappa shape index (κ2) is 11.3. The number of halogens is 1. The highest BCUT2D eigenvalue weighted by Gasteiger charge is 2.34. The van der Waals surface area contributed by atoms with Gasteiger partial charge in [0.05, 0.1) is 5.52 Å². The van der Waals surface area contributed by atoms with Crippen molar-refractivity contribution in [3.8, 4) is 11.5 Å². The smallest absolute Gasteiger partial charge is 0.247 e. The molecule has 1 aliphatic heterocycles. The highest BCUT2D eigenvalue weighted by Crippen LogP contribution is 2.34. The van der Waals surface area contributed by atoms with Crippen LogP contribution >= 0.6 is 0 Å². The third kappa shape index (κ3) is 5.47. The fraction of sp³-hybridized carbons (Fsp3) is 0.333. The van der Waals surface area contributed by atoms with E-state index in [0.29, 0.717) is 28.1 Å². The van der Waals surface area contributed by atoms with Crippen LogP contribution in [0.2, 0.25) is 0 Å². The maximum Gasteiger partial charge on any atom is 0.247 e. The molecule has 1 aromatic heterocycles. The summed E-state index contributed by atoms with van der Waals surface area (Å²) >= 11 is 0. The summed E-state index contributed by atoms with van der Waals surface area (Å²) < 4.78 is 26.5. The Balaban J connectivity index is 1.37. The van der Waals surface area contributed by atoms with Gasteiger partial charge in [-0.3, -0.25) is 9.59 Å². The molecule has 9 nitrogen and oxygen atoms in total. The third-order valence-corrected chi connectivity index (χ3v) is 7.51. The molecule has 1 saturated carbocycles. The Labute approximate surface area is 230 Å². The molecule has 2 aliphatic rings. The van der Waals surface area contributed by atoms with Crippen molar-refractivity contribution in [2.75, 3.05) is 6.79 Å². The maximum atomic E-state index is 14.1. The summed E-state index contributed by atoms with van der Waals surface area (Å²) in [5, 5.41) is 11.5. The number of aromatic nitrogens is 3. The van der Waals surface area contributed by atoms with Crippen LogP contribution in [0.5, 0.6) is 11.5 Å². The van der Waals surface area contributed by atoms with Gasteiger partial charge in [0, 0.05) is 12.6 Å². The molecule has 0 bridgehead atoms. The van der Waals surface area contributed by atoms with Gasteiger partial charge in [0.1, 0.15) is 23.9 Å². The van der Waals surface area contributed by atoms with E-state index in [2.05, 4.69) is 15.6 Å². The number of nitrogens with one attached hydrogen (secondary N) is 1. The maximum absolute atomic E-state index is 14.1. The van der Waals surface area contributed by atoms with Crippen molar-refractivity contribution >= 4 is 22.8 Å². The lowest BCUT2D eigenvalue weighted by Gasteiger charge is -2.33. The lowest BCUT2D eigenvalue weighted by molar-refractivity contribution is -0.142. The second-order valence-electron chi connectivity index (χ2n) is 10.2. The molecular formula is C30H30FN5O4. The predicted molar refractivity (Wildman–Crippen MR) is 145 cm³/mol. The number of carbonyl (C=O) groups is 2. The molecule has 1 atom stereocenters. The van der Waals surface area contributed by atoms with Crippen LogP contribution in [0.4, 0.5) is 4.39 Å². The lowest BCUT2D eigenvalue weighted by Crippen LogP contribution is -2.47. The first-order valence-corrected chi connectivity index (χ1v) is 13.6. The number of fused-ring (bicyclic) bond motifs is 2. The SMILES string of the molecule is O=C(NC1CCCCC1)C(c1ccc(F)cc1)N(Cc1ccc2c(c1)OCO2)C(=O)Cn1nnc2ccccc21. The van der Waals surface area contributed by atoms with Crippen molar-refractivity contribution in [2.24, 2.45) is 0 Å². The van der Waals surface area contributed by atoms with Crippen LogP contribution in [0.25, 0.3) is 11.0 Å². The van der Waals surface area contributed by atoms with Crippen molar-refractivity contribution in [3.05, 3.63) is 83.7 Å². The monoisotopic (exact) mass is 543 g/mol. The highest BCUT2D eigenvalue weighted by atomic mass is 19.1. The van der Waals surface area contributed by atoms with E-state index in [1.807, 2.05) is 36.4 Å². The number of rotatable bonds is 8. The van der Waals surface area contributed by atoms with E-state index >= 15 is 0 Å². The van der Waals surface area contributed by atoms with E-state index in [-0.39, 0.29) is 37.7 Å². The fourth-order valence-corrected chi connectivity index (χ4v) is 5.46. The van der Waals surface area contributed by atoms with E-state index < -0.39 is 11.9 Å². The van der Waals surface area contributed by atoms with Gasteiger partial charge in [-0.25, -0.2) is 9.07 Å². The first kappa shape index (κ1) is 25.8. The minimum absolute atomic E-state index is 0.0333. The number of hydrogen-bond donors (Lipinski definition) is 1. The summed E-state index contributed by atoms with van der Waals surface area (Å²) in [7, 11) is 0. The molecule has 3 aromatic carbocycles. The zero-order chi connectivity index (χ0) is 27.5. The first-order chi connectivity index (χ1) is 19.5. The molecule has 6 rings (SSSR count). The van der Waals surface area contributed by atoms with Crippen LogP contribution < -0.4 is 14.8 Å². The molecule has 2 amide bonds. The highest BCUT2D eigenvalue weighted by molar-refractivity contribution is 5.89. The van der Waals surface area contributed by atoms with Crippen LogP contribution in [-0.4, -0.2) is 44.5 Å². The molecule has 1 N–H and O–H groups in total. The van der Waals surface area contributed by atoms with Crippen molar-refractivity contribution < 1.29 is 23.5 Å². The van der Waals surface area contributed by atoms with E-state index in [0.717, 1.165) is 37.7 Å². The Morgan fingerprint density at radius 3 is 2.60 bits per heavy atom. The fourth-order valence-electron chi connectivity index (χ4n) is 5.46. The zero-order valence-corrected chi connectivity index (χ0v) is 22.0. The summed E-state index contributed by atoms with van der Waals surface area (Å²) in [5.74, 6) is 0.161. The van der Waals surface area contributed by atoms with Gasteiger partial charge in [0.2, 0.25) is 18.6 Å². The van der Waals surface area contributed by atoms with Gasteiger partial charge in [0.15, 0.2) is 11.5 Å². The standard InChI is InChI=1S/C30H30FN5O4/c31-22-13-11-21(12-14-22)29(30(38)32-23-6-2-1-3-7-23)35(17-20-10-15-26-27(16-20)40-19-39-26)28(37)18-36-25-9-5-4-8-24(25)33-34-36/h4-5,8-16,23,29H,1-3,6-7,17-19H2,(H,32,38). The zero-order valence-electron chi connectivity index (χ0n) is 22.0. The number of carbonyl (C=O) groups excluding carboxylic acids is 2. The molecule has 2 heterocycles. The summed E-state index contributed by atoms with van der Waals surface area (Å²) in [4.78, 5) is 29.6. The molecule has 0 radical (unpaired) electrons. The van der Waals surface area contributed by atoms with Crippen LogP contribution in [0.3, 0.4) is 0 Å². The number of hydrogen-bond acceptors (Lipinski definition) is 6. The number of amides is 2. The van der Waals surface area contributed by atoms with Gasteiger partial charge in [-0.05, 0) is 60.4 Å². The van der Waals surface area contributed by atoms with E-state index in [1.54, 1.807) is 18.2 Å². The van der Waals surface area contributed by atoms with Gasteiger partial charge in [-0.2, -0.15) is 0 Å². The van der Waals surface area contributed by atoms with E-state index in [1.165, 1.54) is 21.7 Å². The molecule has 1 unspecified atom stereocenters. The van der Waals surface area contributed by atoms with Crippen molar-refractivity contribution in [3.63, 3.8) is 0 Å². The average molecular weight is 544 g/mol. The summed E-state index contributed by atoms with van der Waals surface area (Å²) in [6.07, 6.45) is 5.02. The predicted octanol–water partition coefficient (Wildman–Crippen LogP) is 4.52. The number of nitrogens with zero attached hydrogens (tertiary/aromatic N) is 4. The van der Waals surface area contributed by atoms with Gasteiger partial charge in [-0.15, -0.1) is 5.10 Å². The largest absolute Gasteiger partial charge is 0.454 e. The van der Waals surface area contributed by atoms with E-state index in [4.69, 9.17) is 9.47 Å². The van der Waals surface area contributed by atoms with Gasteiger partial charge < -0.3 is 19.7 Å².